The van der Waals surface area contributed by atoms with Crippen LogP contribution in [0.5, 0.6) is 5.75 Å². The molecule has 0 bridgehead atoms. The summed E-state index contributed by atoms with van der Waals surface area (Å²) < 4.78 is 0.986. The van der Waals surface area contributed by atoms with Crippen LogP contribution in [0.25, 0.3) is 0 Å². The minimum atomic E-state index is -1.25. The number of carboxylic acids is 1. The van der Waals surface area contributed by atoms with E-state index < -0.39 is 5.97 Å². The predicted molar refractivity (Wildman–Crippen MR) is 80.1 cm³/mol. The molecule has 0 unspecified atom stereocenters. The van der Waals surface area contributed by atoms with E-state index in [-0.39, 0.29) is 17.2 Å². The molecule has 0 fully saturated rings. The zero-order valence-corrected chi connectivity index (χ0v) is 12.4. The Morgan fingerprint density at radius 2 is 2.00 bits per heavy atom. The van der Waals surface area contributed by atoms with E-state index in [9.17, 15) is 14.7 Å². The highest BCUT2D eigenvalue weighted by molar-refractivity contribution is 14.1. The maximum atomic E-state index is 11.9. The van der Waals surface area contributed by atoms with Crippen LogP contribution in [0.1, 0.15) is 20.7 Å². The molecule has 5 nitrogen and oxygen atoms in total. The van der Waals surface area contributed by atoms with Gasteiger partial charge in [0.1, 0.15) is 11.3 Å². The van der Waals surface area contributed by atoms with Gasteiger partial charge >= 0.3 is 5.97 Å². The first-order valence-electron chi connectivity index (χ1n) is 5.09. The average molecular weight is 389 g/mol. The largest absolute Gasteiger partial charge is 0.507 e. The molecule has 7 heteroatoms. The number of hydrogen-bond acceptors (Lipinski definition) is 4. The molecular weight excluding hydrogens is 381 g/mol. The minimum absolute atomic E-state index is 0.252. The molecule has 0 radical (unpaired) electrons. The molecule has 0 atom stereocenters. The molecule has 0 aliphatic carbocycles. The van der Waals surface area contributed by atoms with Crippen molar-refractivity contribution in [1.82, 2.24) is 0 Å². The summed E-state index contributed by atoms with van der Waals surface area (Å²) in [6.07, 6.45) is 0. The van der Waals surface area contributed by atoms with Crippen molar-refractivity contribution in [2.45, 2.75) is 0 Å². The fourth-order valence-electron chi connectivity index (χ4n) is 1.42. The quantitative estimate of drug-likeness (QED) is 0.557. The summed E-state index contributed by atoms with van der Waals surface area (Å²) in [7, 11) is 0. The molecule has 1 aromatic carbocycles. The Bertz CT molecular complexity index is 653. The maximum Gasteiger partial charge on any atom is 0.339 e. The van der Waals surface area contributed by atoms with Crippen LogP contribution in [0, 0.1) is 2.88 Å². The van der Waals surface area contributed by atoms with E-state index in [0.717, 1.165) is 2.88 Å². The number of aromatic hydroxyl groups is 1. The van der Waals surface area contributed by atoms with Crippen molar-refractivity contribution in [3.63, 3.8) is 0 Å². The van der Waals surface area contributed by atoms with Crippen LogP contribution in [0.15, 0.2) is 29.6 Å². The van der Waals surface area contributed by atoms with Crippen molar-refractivity contribution >= 4 is 51.5 Å². The van der Waals surface area contributed by atoms with Crippen LogP contribution in [0.4, 0.5) is 5.69 Å². The molecule has 2 rings (SSSR count). The standard InChI is InChI=1S/C12H8INO4S/c13-10-3-6(5-19-10)11(16)14-7-1-2-9(15)8(4-7)12(17)18/h1-5,15H,(H,14,16)(H,17,18). The lowest BCUT2D eigenvalue weighted by Crippen LogP contribution is -2.11. The molecule has 2 aromatic rings. The van der Waals surface area contributed by atoms with Crippen LogP contribution < -0.4 is 5.32 Å². The Morgan fingerprint density at radius 3 is 2.58 bits per heavy atom. The normalized spacial score (nSPS) is 10.2. The zero-order chi connectivity index (χ0) is 14.0. The summed E-state index contributed by atoms with van der Waals surface area (Å²) in [6, 6.07) is 5.62. The van der Waals surface area contributed by atoms with E-state index in [1.54, 1.807) is 11.4 Å². The first-order valence-corrected chi connectivity index (χ1v) is 7.05. The highest BCUT2D eigenvalue weighted by atomic mass is 127. The second kappa shape index (κ2) is 5.57. The number of anilines is 1. The van der Waals surface area contributed by atoms with Crippen LogP contribution in [0.3, 0.4) is 0 Å². The van der Waals surface area contributed by atoms with Gasteiger partial charge in [-0.25, -0.2) is 4.79 Å². The second-order valence-electron chi connectivity index (χ2n) is 3.63. The fraction of sp³-hybridized carbons (Fsp3) is 0. The summed E-state index contributed by atoms with van der Waals surface area (Å²) in [6.45, 7) is 0. The van der Waals surface area contributed by atoms with E-state index in [4.69, 9.17) is 5.11 Å². The number of nitrogens with one attached hydrogen (secondary N) is 1. The number of thiophene rings is 1. The highest BCUT2D eigenvalue weighted by Crippen LogP contribution is 2.23. The van der Waals surface area contributed by atoms with Gasteiger partial charge in [-0.2, -0.15) is 0 Å². The Morgan fingerprint density at radius 1 is 1.26 bits per heavy atom. The third-order valence-corrected chi connectivity index (χ3v) is 4.10. The predicted octanol–water partition coefficient (Wildman–Crippen LogP) is 3.01. The lowest BCUT2D eigenvalue weighted by Gasteiger charge is -2.06. The van der Waals surface area contributed by atoms with Gasteiger partial charge in [0.15, 0.2) is 0 Å². The minimum Gasteiger partial charge on any atom is -0.507 e. The molecule has 19 heavy (non-hydrogen) atoms. The monoisotopic (exact) mass is 389 g/mol. The van der Waals surface area contributed by atoms with Crippen LogP contribution in [-0.2, 0) is 0 Å². The topological polar surface area (TPSA) is 86.6 Å². The Hall–Kier alpha value is -1.61. The first kappa shape index (κ1) is 13.8. The molecular formula is C12H8INO4S. The molecule has 1 heterocycles. The van der Waals surface area contributed by atoms with Crippen LogP contribution >= 0.6 is 33.9 Å². The van der Waals surface area contributed by atoms with Gasteiger partial charge in [0.25, 0.3) is 5.91 Å². The zero-order valence-electron chi connectivity index (χ0n) is 9.38. The summed E-state index contributed by atoms with van der Waals surface area (Å²) >= 11 is 3.56. The molecule has 1 aromatic heterocycles. The number of phenols is 1. The Labute approximate surface area is 126 Å². The van der Waals surface area contributed by atoms with E-state index in [2.05, 4.69) is 27.9 Å². The Balaban J connectivity index is 2.22. The van der Waals surface area contributed by atoms with Crippen molar-refractivity contribution in [2.75, 3.05) is 5.32 Å². The van der Waals surface area contributed by atoms with Crippen molar-refractivity contribution in [3.05, 3.63) is 43.7 Å². The van der Waals surface area contributed by atoms with Crippen molar-refractivity contribution in [2.24, 2.45) is 0 Å². The number of carboxylic acid groups (broad SMARTS) is 1. The SMILES string of the molecule is O=C(Nc1ccc(O)c(C(=O)O)c1)c1csc(I)c1. The van der Waals surface area contributed by atoms with Gasteiger partial charge in [-0.3, -0.25) is 4.79 Å². The van der Waals surface area contributed by atoms with Crippen LogP contribution in [0.2, 0.25) is 0 Å². The van der Waals surface area contributed by atoms with Gasteiger partial charge < -0.3 is 15.5 Å². The molecule has 3 N–H and O–H groups in total. The molecule has 98 valence electrons. The number of benzene rings is 1. The van der Waals surface area contributed by atoms with Gasteiger partial charge in [0.05, 0.1) is 8.45 Å². The first-order chi connectivity index (χ1) is 8.97. The number of rotatable bonds is 3. The van der Waals surface area contributed by atoms with Crippen molar-refractivity contribution < 1.29 is 19.8 Å². The lowest BCUT2D eigenvalue weighted by molar-refractivity contribution is 0.0693. The number of amides is 1. The van der Waals surface area contributed by atoms with Crippen molar-refractivity contribution in [1.29, 1.82) is 0 Å². The van der Waals surface area contributed by atoms with E-state index in [1.165, 1.54) is 29.5 Å². The molecule has 0 spiro atoms. The summed E-state index contributed by atoms with van der Waals surface area (Å²) in [5, 5.41) is 22.5. The highest BCUT2D eigenvalue weighted by Gasteiger charge is 2.13. The third kappa shape index (κ3) is 3.24. The smallest absolute Gasteiger partial charge is 0.339 e. The fourth-order valence-corrected chi connectivity index (χ4v) is 2.74. The molecule has 0 saturated carbocycles. The Kier molecular flexibility index (Phi) is 4.05. The van der Waals surface area contributed by atoms with E-state index in [0.29, 0.717) is 11.3 Å². The third-order valence-electron chi connectivity index (χ3n) is 2.31. The summed E-state index contributed by atoms with van der Waals surface area (Å²) in [4.78, 5) is 22.7. The van der Waals surface area contributed by atoms with Gasteiger partial charge in [-0.1, -0.05) is 0 Å². The number of halogens is 1. The second-order valence-corrected chi connectivity index (χ2v) is 6.44. The molecule has 1 amide bonds. The number of hydrogen-bond donors (Lipinski definition) is 3. The van der Waals surface area contributed by atoms with Crippen LogP contribution in [-0.4, -0.2) is 22.1 Å². The summed E-state index contributed by atoms with van der Waals surface area (Å²) in [5.41, 5.74) is 0.582. The van der Waals surface area contributed by atoms with Gasteiger partial charge in [-0.05, 0) is 46.9 Å². The average Bonchev–Trinajstić information content (AvgIpc) is 2.78. The number of aromatic carboxylic acids is 1. The maximum absolute atomic E-state index is 11.9. The van der Waals surface area contributed by atoms with E-state index >= 15 is 0 Å². The van der Waals surface area contributed by atoms with Crippen molar-refractivity contribution in [3.8, 4) is 5.75 Å². The molecule has 0 saturated heterocycles. The molecule has 0 aliphatic heterocycles. The van der Waals surface area contributed by atoms with Gasteiger partial charge in [0.2, 0.25) is 0 Å². The molecule has 0 aliphatic rings. The van der Waals surface area contributed by atoms with Gasteiger partial charge in [-0.15, -0.1) is 11.3 Å². The number of carbonyl (C=O) groups is 2. The lowest BCUT2D eigenvalue weighted by atomic mass is 10.1. The van der Waals surface area contributed by atoms with Gasteiger partial charge in [0, 0.05) is 11.1 Å². The van der Waals surface area contributed by atoms with E-state index in [1.807, 2.05) is 0 Å². The number of carbonyl (C=O) groups excluding carboxylic acids is 1. The summed E-state index contributed by atoms with van der Waals surface area (Å²) in [5.74, 6) is -1.91.